The predicted molar refractivity (Wildman–Crippen MR) is 161 cm³/mol. The van der Waals surface area contributed by atoms with Crippen molar-refractivity contribution in [2.45, 2.75) is 50.6 Å². The van der Waals surface area contributed by atoms with Crippen LogP contribution in [0.3, 0.4) is 0 Å². The Morgan fingerprint density at radius 3 is 1.64 bits per heavy atom. The molecule has 222 valence electrons. The Morgan fingerprint density at radius 1 is 0.714 bits per heavy atom. The Kier molecular flexibility index (Phi) is 12.7. The standard InChI is InChI=1S/C19H23NO6S.C14H14O/c1-19(2,3)24-18(21)20-14-17(15-10-6-4-7-11-15)25-26-27(22,23)16-12-8-5-9-13-16;1-3-7-13(8-4-1)11-15-12-14-9-5-2-6-10-14/h4-13,17H,14H2,1-3H3,(H,20,21);1-10H,11-12H2. The van der Waals surface area contributed by atoms with Crippen LogP contribution in [-0.4, -0.2) is 26.7 Å². The van der Waals surface area contributed by atoms with E-state index in [1.807, 2.05) is 42.5 Å². The lowest BCUT2D eigenvalue weighted by molar-refractivity contribution is -0.241. The molecule has 0 heterocycles. The van der Waals surface area contributed by atoms with E-state index in [0.717, 1.165) is 0 Å². The molecule has 1 N–H and O–H groups in total. The van der Waals surface area contributed by atoms with Gasteiger partial charge in [-0.05, 0) is 49.6 Å². The van der Waals surface area contributed by atoms with Crippen molar-refractivity contribution in [2.75, 3.05) is 6.54 Å². The summed E-state index contributed by atoms with van der Waals surface area (Å²) in [5, 5.41) is 2.55. The van der Waals surface area contributed by atoms with Gasteiger partial charge in [0.25, 0.3) is 0 Å². The second-order valence-corrected chi connectivity index (χ2v) is 11.7. The summed E-state index contributed by atoms with van der Waals surface area (Å²) in [5.41, 5.74) is 2.42. The van der Waals surface area contributed by atoms with Crippen LogP contribution in [-0.2, 0) is 42.0 Å². The molecule has 1 unspecified atom stereocenters. The number of carbonyl (C=O) groups excluding carboxylic acids is 1. The van der Waals surface area contributed by atoms with Crippen LogP contribution in [0.5, 0.6) is 0 Å². The highest BCUT2D eigenvalue weighted by molar-refractivity contribution is 7.86. The maximum atomic E-state index is 12.2. The van der Waals surface area contributed by atoms with Crippen molar-refractivity contribution >= 4 is 16.2 Å². The maximum Gasteiger partial charge on any atom is 0.407 e. The Balaban J connectivity index is 0.000000271. The highest BCUT2D eigenvalue weighted by Crippen LogP contribution is 2.21. The second kappa shape index (κ2) is 16.4. The second-order valence-electron chi connectivity index (χ2n) is 10.2. The molecular formula is C33H37NO7S. The first-order valence-electron chi connectivity index (χ1n) is 13.4. The van der Waals surface area contributed by atoms with E-state index in [1.165, 1.54) is 23.3 Å². The third-order valence-electron chi connectivity index (χ3n) is 5.50. The number of ether oxygens (including phenoxy) is 2. The summed E-state index contributed by atoms with van der Waals surface area (Å²) < 4.78 is 40.0. The van der Waals surface area contributed by atoms with Crippen molar-refractivity contribution < 1.29 is 31.9 Å². The molecular weight excluding hydrogens is 554 g/mol. The molecule has 0 radical (unpaired) electrons. The molecule has 0 bridgehead atoms. The minimum absolute atomic E-state index is 0.0306. The van der Waals surface area contributed by atoms with Crippen LogP contribution >= 0.6 is 0 Å². The van der Waals surface area contributed by atoms with E-state index in [0.29, 0.717) is 18.8 Å². The summed E-state index contributed by atoms with van der Waals surface area (Å²) in [6.07, 6.45) is -1.49. The average Bonchev–Trinajstić information content (AvgIpc) is 2.99. The van der Waals surface area contributed by atoms with Gasteiger partial charge in [-0.25, -0.2) is 9.68 Å². The summed E-state index contributed by atoms with van der Waals surface area (Å²) in [5.74, 6) is 0. The minimum Gasteiger partial charge on any atom is -0.444 e. The van der Waals surface area contributed by atoms with Crippen LogP contribution in [0, 0.1) is 0 Å². The molecule has 0 spiro atoms. The SMILES string of the molecule is CC(C)(C)OC(=O)NCC(OOS(=O)(=O)c1ccccc1)c1ccccc1.c1ccc(COCc2ccccc2)cc1. The summed E-state index contributed by atoms with van der Waals surface area (Å²) in [6.45, 7) is 6.54. The van der Waals surface area contributed by atoms with Crippen molar-refractivity contribution in [3.8, 4) is 0 Å². The van der Waals surface area contributed by atoms with Gasteiger partial charge in [0.15, 0.2) is 0 Å². The van der Waals surface area contributed by atoms with Crippen molar-refractivity contribution in [2.24, 2.45) is 0 Å². The van der Waals surface area contributed by atoms with Gasteiger partial charge in [-0.1, -0.05) is 109 Å². The molecule has 4 aromatic rings. The molecule has 0 aliphatic rings. The van der Waals surface area contributed by atoms with Crippen LogP contribution in [0.2, 0.25) is 0 Å². The highest BCUT2D eigenvalue weighted by Gasteiger charge is 2.23. The lowest BCUT2D eigenvalue weighted by atomic mass is 10.1. The zero-order valence-corrected chi connectivity index (χ0v) is 24.8. The predicted octanol–water partition coefficient (Wildman–Crippen LogP) is 6.99. The largest absolute Gasteiger partial charge is 0.444 e. The van der Waals surface area contributed by atoms with E-state index < -0.39 is 27.9 Å². The first kappa shape index (κ1) is 32.5. The van der Waals surface area contributed by atoms with E-state index in [9.17, 15) is 13.2 Å². The van der Waals surface area contributed by atoms with Crippen molar-refractivity contribution in [3.05, 3.63) is 138 Å². The first-order valence-corrected chi connectivity index (χ1v) is 14.9. The molecule has 4 aromatic carbocycles. The molecule has 42 heavy (non-hydrogen) atoms. The van der Waals surface area contributed by atoms with Gasteiger partial charge >= 0.3 is 16.2 Å². The van der Waals surface area contributed by atoms with Crippen LogP contribution in [0.25, 0.3) is 0 Å². The van der Waals surface area contributed by atoms with Gasteiger partial charge in [-0.3, -0.25) is 0 Å². The lowest BCUT2D eigenvalue weighted by Crippen LogP contribution is -2.35. The van der Waals surface area contributed by atoms with E-state index in [2.05, 4.69) is 29.6 Å². The van der Waals surface area contributed by atoms with E-state index in [4.69, 9.17) is 18.7 Å². The Labute approximate surface area is 248 Å². The summed E-state index contributed by atoms with van der Waals surface area (Å²) in [7, 11) is -4.10. The average molecular weight is 592 g/mol. The van der Waals surface area contributed by atoms with Crippen LogP contribution in [0.4, 0.5) is 4.79 Å². The number of benzene rings is 4. The summed E-state index contributed by atoms with van der Waals surface area (Å²) in [4.78, 5) is 17.0. The van der Waals surface area contributed by atoms with Crippen molar-refractivity contribution in [3.63, 3.8) is 0 Å². The lowest BCUT2D eigenvalue weighted by Gasteiger charge is -2.21. The van der Waals surface area contributed by atoms with Gasteiger partial charge in [-0.2, -0.15) is 8.42 Å². The number of hydrogen-bond donors (Lipinski definition) is 1. The van der Waals surface area contributed by atoms with Gasteiger partial charge < -0.3 is 14.8 Å². The number of rotatable bonds is 11. The normalized spacial score (nSPS) is 12.0. The molecule has 0 aliphatic heterocycles. The molecule has 8 nitrogen and oxygen atoms in total. The fraction of sp³-hybridized carbons (Fsp3) is 0.242. The van der Waals surface area contributed by atoms with Gasteiger partial charge in [0.05, 0.1) is 24.7 Å². The highest BCUT2D eigenvalue weighted by atomic mass is 32.2. The summed E-state index contributed by atoms with van der Waals surface area (Å²) in [6, 6.07) is 36.9. The fourth-order valence-corrected chi connectivity index (χ4v) is 4.29. The van der Waals surface area contributed by atoms with Crippen molar-refractivity contribution in [1.29, 1.82) is 0 Å². The van der Waals surface area contributed by atoms with Crippen LogP contribution in [0.1, 0.15) is 43.6 Å². The quantitative estimate of drug-likeness (QED) is 0.148. The Morgan fingerprint density at radius 2 is 1.17 bits per heavy atom. The van der Waals surface area contributed by atoms with Crippen LogP contribution in [0.15, 0.2) is 126 Å². The number of alkyl carbamates (subject to hydrolysis) is 1. The molecule has 0 saturated carbocycles. The number of amides is 1. The van der Waals surface area contributed by atoms with Gasteiger partial charge in [-0.15, -0.1) is 4.33 Å². The van der Waals surface area contributed by atoms with E-state index >= 15 is 0 Å². The van der Waals surface area contributed by atoms with Gasteiger partial charge in [0, 0.05) is 0 Å². The fourth-order valence-electron chi connectivity index (χ4n) is 3.53. The smallest absolute Gasteiger partial charge is 0.407 e. The molecule has 9 heteroatoms. The number of carbonyl (C=O) groups is 1. The Bertz CT molecular complexity index is 1390. The van der Waals surface area contributed by atoms with E-state index in [1.54, 1.807) is 63.2 Å². The Hall–Kier alpha value is -4.02. The van der Waals surface area contributed by atoms with Gasteiger partial charge in [0.1, 0.15) is 11.7 Å². The molecule has 4 rings (SSSR count). The first-order chi connectivity index (χ1) is 20.1. The molecule has 0 aliphatic carbocycles. The maximum absolute atomic E-state index is 12.2. The zero-order valence-electron chi connectivity index (χ0n) is 24.0. The topological polar surface area (TPSA) is 100 Å². The minimum atomic E-state index is -4.10. The van der Waals surface area contributed by atoms with E-state index in [-0.39, 0.29) is 11.4 Å². The molecule has 1 atom stereocenters. The zero-order chi connectivity index (χ0) is 30.3. The third-order valence-corrected chi connectivity index (χ3v) is 6.61. The van der Waals surface area contributed by atoms with Crippen LogP contribution < -0.4 is 5.32 Å². The summed E-state index contributed by atoms with van der Waals surface area (Å²) >= 11 is 0. The molecule has 0 aromatic heterocycles. The van der Waals surface area contributed by atoms with Gasteiger partial charge in [0.2, 0.25) is 0 Å². The molecule has 0 saturated heterocycles. The molecule has 1 amide bonds. The number of hydrogen-bond acceptors (Lipinski definition) is 7. The molecule has 0 fully saturated rings. The monoisotopic (exact) mass is 591 g/mol. The number of nitrogens with one attached hydrogen (secondary N) is 1. The van der Waals surface area contributed by atoms with Crippen molar-refractivity contribution in [1.82, 2.24) is 5.32 Å². The third kappa shape index (κ3) is 12.2.